The molecular formula is C22H22N7OP. The molecule has 0 aromatic heterocycles. The van der Waals surface area contributed by atoms with Gasteiger partial charge in [-0.25, -0.2) is 15.0 Å². The molecule has 2 aromatic carbocycles. The van der Waals surface area contributed by atoms with Crippen LogP contribution in [0.3, 0.4) is 0 Å². The van der Waals surface area contributed by atoms with E-state index in [1.54, 1.807) is 0 Å². The lowest BCUT2D eigenvalue weighted by Gasteiger charge is -2.46. The van der Waals surface area contributed by atoms with E-state index in [1.807, 2.05) is 0 Å². The van der Waals surface area contributed by atoms with Crippen LogP contribution in [-0.2, 0) is 0 Å². The zero-order valence-electron chi connectivity index (χ0n) is 17.2. The number of ether oxygens (including phenoxy) is 1. The second kappa shape index (κ2) is 5.68. The highest BCUT2D eigenvalue weighted by Crippen LogP contribution is 2.62. The highest BCUT2D eigenvalue weighted by molar-refractivity contribution is 7.75. The van der Waals surface area contributed by atoms with E-state index >= 15 is 0 Å². The van der Waals surface area contributed by atoms with Crippen LogP contribution in [0.4, 0.5) is 11.4 Å². The summed E-state index contributed by atoms with van der Waals surface area (Å²) in [6.45, 7) is 2.22. The monoisotopic (exact) mass is 431 g/mol. The number of hydrogen-bond acceptors (Lipinski definition) is 8. The van der Waals surface area contributed by atoms with Crippen LogP contribution in [0.15, 0.2) is 51.9 Å². The van der Waals surface area contributed by atoms with Crippen LogP contribution >= 0.6 is 7.92 Å². The maximum Gasteiger partial charge on any atom is 0.152 e. The Morgan fingerprint density at radius 1 is 0.903 bits per heavy atom. The Kier molecular flexibility index (Phi) is 3.08. The fraction of sp³-hybridized carbons (Fsp3) is 0.409. The van der Waals surface area contributed by atoms with Crippen LogP contribution < -0.4 is 25.4 Å². The summed E-state index contributed by atoms with van der Waals surface area (Å²) in [5.41, 5.74) is 2.31. The van der Waals surface area contributed by atoms with Crippen LogP contribution in [0.25, 0.3) is 0 Å². The molecule has 6 aliphatic rings. The molecule has 0 amide bonds. The van der Waals surface area contributed by atoms with Crippen LogP contribution in [0.2, 0.25) is 0 Å². The van der Waals surface area contributed by atoms with Crippen LogP contribution in [0.5, 0.6) is 11.5 Å². The van der Waals surface area contributed by atoms with Gasteiger partial charge in [-0.15, -0.1) is 0 Å². The van der Waals surface area contributed by atoms with E-state index < -0.39 is 7.92 Å². The maximum absolute atomic E-state index is 6.46. The zero-order chi connectivity index (χ0) is 20.3. The average molecular weight is 431 g/mol. The minimum absolute atomic E-state index is 0.0820. The molecule has 0 saturated heterocycles. The summed E-state index contributed by atoms with van der Waals surface area (Å²) < 4.78 is 6.46. The quantitative estimate of drug-likeness (QED) is 0.596. The third kappa shape index (κ3) is 1.94. The van der Waals surface area contributed by atoms with Crippen molar-refractivity contribution in [3.05, 3.63) is 36.4 Å². The van der Waals surface area contributed by atoms with Crippen molar-refractivity contribution in [1.82, 2.24) is 9.91 Å². The van der Waals surface area contributed by atoms with Crippen molar-refractivity contribution >= 4 is 36.2 Å². The largest absolute Gasteiger partial charge is 0.456 e. The van der Waals surface area contributed by atoms with E-state index in [0.29, 0.717) is 12.1 Å². The molecule has 1 fully saturated rings. The Balaban J connectivity index is 1.43. The number of rotatable bonds is 0. The van der Waals surface area contributed by atoms with Gasteiger partial charge in [-0.05, 0) is 49.3 Å². The first-order valence-electron chi connectivity index (χ1n) is 11.1. The number of hydrazone groups is 1. The average Bonchev–Trinajstić information content (AvgIpc) is 3.48. The molecule has 8 nitrogen and oxygen atoms in total. The van der Waals surface area contributed by atoms with Crippen molar-refractivity contribution in [2.75, 3.05) is 10.0 Å². The number of hydrogen-bond donors (Lipinski definition) is 0. The topological polar surface area (TPSA) is 59.3 Å². The Morgan fingerprint density at radius 2 is 1.61 bits per heavy atom. The molecule has 156 valence electrons. The predicted molar refractivity (Wildman–Crippen MR) is 120 cm³/mol. The molecule has 2 bridgehead atoms. The van der Waals surface area contributed by atoms with Crippen molar-refractivity contribution in [2.24, 2.45) is 15.5 Å². The number of nitrogens with zero attached hydrogens (tertiary/aromatic N) is 7. The van der Waals surface area contributed by atoms with E-state index in [-0.39, 0.29) is 12.1 Å². The summed E-state index contributed by atoms with van der Waals surface area (Å²) in [5.74, 6) is 2.12. The molecule has 0 radical (unpaired) electrons. The summed E-state index contributed by atoms with van der Waals surface area (Å²) in [4.78, 5) is 2.56. The van der Waals surface area contributed by atoms with E-state index in [4.69, 9.17) is 15.1 Å². The minimum atomic E-state index is -0.718. The van der Waals surface area contributed by atoms with Gasteiger partial charge >= 0.3 is 0 Å². The Labute approximate surface area is 181 Å². The summed E-state index contributed by atoms with van der Waals surface area (Å²) in [7, 11) is -0.718. The molecule has 9 heteroatoms. The minimum Gasteiger partial charge on any atom is -0.456 e. The van der Waals surface area contributed by atoms with Crippen LogP contribution in [-0.4, -0.2) is 40.4 Å². The molecule has 31 heavy (non-hydrogen) atoms. The number of benzene rings is 2. The van der Waals surface area contributed by atoms with Crippen molar-refractivity contribution < 1.29 is 4.74 Å². The van der Waals surface area contributed by atoms with Crippen LogP contribution in [0, 0.1) is 0 Å². The number of anilines is 2. The number of fused-ring (bicyclic) bond motifs is 7. The maximum atomic E-state index is 6.46. The molecule has 5 atom stereocenters. The lowest BCUT2D eigenvalue weighted by atomic mass is 9.88. The molecule has 8 rings (SSSR count). The van der Waals surface area contributed by atoms with E-state index in [9.17, 15) is 0 Å². The third-order valence-electron chi connectivity index (χ3n) is 7.57. The lowest BCUT2D eigenvalue weighted by Crippen LogP contribution is -2.58. The molecule has 1 aliphatic carbocycles. The van der Waals surface area contributed by atoms with Crippen LogP contribution in [0.1, 0.15) is 32.6 Å². The van der Waals surface area contributed by atoms with Crippen molar-refractivity contribution in [3.8, 4) is 11.5 Å². The third-order valence-corrected chi connectivity index (χ3v) is 10.4. The standard InChI is InChI=1S/C22H22N7OP/c1-13-27-15-7-3-2-6-14(15)26-12-23-29-17-9-5-11-19-21(17)31(22(26)29)20-16(28(13)25-24-27)8-4-10-18(20)30-19/h4-5,8-15,22H,2-3,6-7H2,1H3/t13-,14?,15?,22+,31?/m1/s1. The summed E-state index contributed by atoms with van der Waals surface area (Å²) in [6, 6.07) is 13.5. The van der Waals surface area contributed by atoms with Crippen molar-refractivity contribution in [2.45, 2.75) is 56.8 Å². The van der Waals surface area contributed by atoms with E-state index in [2.05, 4.69) is 74.8 Å². The van der Waals surface area contributed by atoms with Gasteiger partial charge in [0.2, 0.25) is 0 Å². The Morgan fingerprint density at radius 3 is 2.39 bits per heavy atom. The lowest BCUT2D eigenvalue weighted by molar-refractivity contribution is 0.0672. The van der Waals surface area contributed by atoms with Gasteiger partial charge in [0, 0.05) is 7.92 Å². The van der Waals surface area contributed by atoms with Gasteiger partial charge in [-0.1, -0.05) is 30.2 Å². The summed E-state index contributed by atoms with van der Waals surface area (Å²) >= 11 is 0. The van der Waals surface area contributed by atoms with Gasteiger partial charge in [0.25, 0.3) is 0 Å². The fourth-order valence-corrected chi connectivity index (χ4v) is 9.39. The molecule has 0 N–H and O–H groups in total. The molecule has 5 aliphatic heterocycles. The van der Waals surface area contributed by atoms with Gasteiger partial charge in [0.15, 0.2) is 5.91 Å². The van der Waals surface area contributed by atoms with Gasteiger partial charge < -0.3 is 9.64 Å². The van der Waals surface area contributed by atoms with Gasteiger partial charge in [-0.2, -0.15) is 5.10 Å². The van der Waals surface area contributed by atoms with Gasteiger partial charge in [-0.3, -0.25) is 0 Å². The zero-order valence-corrected chi connectivity index (χ0v) is 18.1. The van der Waals surface area contributed by atoms with Crippen molar-refractivity contribution in [3.63, 3.8) is 0 Å². The van der Waals surface area contributed by atoms with E-state index in [0.717, 1.165) is 30.0 Å². The Hall–Kier alpha value is -2.86. The fourth-order valence-electron chi connectivity index (χ4n) is 6.24. The summed E-state index contributed by atoms with van der Waals surface area (Å²) in [5, 5.41) is 23.5. The van der Waals surface area contributed by atoms with E-state index in [1.165, 1.54) is 29.1 Å². The predicted octanol–water partition coefficient (Wildman–Crippen LogP) is 3.66. The van der Waals surface area contributed by atoms with Gasteiger partial charge in [0.05, 0.1) is 34.1 Å². The van der Waals surface area contributed by atoms with Crippen molar-refractivity contribution in [1.29, 1.82) is 0 Å². The molecule has 0 spiro atoms. The second-order valence-electron chi connectivity index (χ2n) is 9.04. The highest BCUT2D eigenvalue weighted by Gasteiger charge is 2.55. The molecule has 3 unspecified atom stereocenters. The van der Waals surface area contributed by atoms with Gasteiger partial charge in [0.1, 0.15) is 24.0 Å². The smallest absolute Gasteiger partial charge is 0.152 e. The molecule has 2 aromatic rings. The Bertz CT molecular complexity index is 1180. The molecule has 5 heterocycles. The highest BCUT2D eigenvalue weighted by atomic mass is 31.1. The first kappa shape index (κ1) is 16.8. The molecule has 1 saturated carbocycles. The first-order chi connectivity index (χ1) is 15.3. The second-order valence-corrected chi connectivity index (χ2v) is 11.1. The molecular weight excluding hydrogens is 409 g/mol. The summed E-state index contributed by atoms with van der Waals surface area (Å²) in [6.07, 6.45) is 6.98. The normalized spacial score (nSPS) is 32.9. The first-order valence-corrected chi connectivity index (χ1v) is 12.6. The SMILES string of the molecule is C[C@H]1N2N=NN1C1CCCCC1N1C=NN3c4cccc5c4P(c4c(cccc42)O5)[C@H]31.